The second-order valence-electron chi connectivity index (χ2n) is 5.03. The van der Waals surface area contributed by atoms with Crippen LogP contribution in [0.3, 0.4) is 0 Å². The molecule has 1 aromatic heterocycles. The Labute approximate surface area is 113 Å². The highest BCUT2D eigenvalue weighted by molar-refractivity contribution is 5.68. The molecule has 102 valence electrons. The van der Waals surface area contributed by atoms with Crippen LogP contribution in [0.5, 0.6) is 0 Å². The summed E-state index contributed by atoms with van der Waals surface area (Å²) in [6.45, 7) is 7.44. The Morgan fingerprint density at radius 1 is 1.47 bits per heavy atom. The van der Waals surface area contributed by atoms with Gasteiger partial charge in [-0.3, -0.25) is 0 Å². The number of ether oxygens (including phenoxy) is 1. The highest BCUT2D eigenvalue weighted by Crippen LogP contribution is 2.07. The maximum Gasteiger partial charge on any atom is 0.408 e. The average Bonchev–Trinajstić information content (AvgIpc) is 2.27. The van der Waals surface area contributed by atoms with E-state index in [4.69, 9.17) is 10.5 Å². The number of rotatable bonds is 1. The van der Waals surface area contributed by atoms with E-state index in [1.54, 1.807) is 32.9 Å². The first-order valence-electron chi connectivity index (χ1n) is 5.97. The van der Waals surface area contributed by atoms with Crippen molar-refractivity contribution in [3.8, 4) is 11.8 Å². The van der Waals surface area contributed by atoms with Crippen molar-refractivity contribution in [3.63, 3.8) is 0 Å². The van der Waals surface area contributed by atoms with Crippen molar-refractivity contribution < 1.29 is 9.53 Å². The molecule has 0 spiro atoms. The van der Waals surface area contributed by atoms with Gasteiger partial charge in [0.05, 0.1) is 17.9 Å². The van der Waals surface area contributed by atoms with E-state index in [1.807, 2.05) is 6.92 Å². The summed E-state index contributed by atoms with van der Waals surface area (Å²) < 4.78 is 5.07. The van der Waals surface area contributed by atoms with E-state index in [0.29, 0.717) is 11.4 Å². The summed E-state index contributed by atoms with van der Waals surface area (Å²) >= 11 is 0. The zero-order valence-corrected chi connectivity index (χ0v) is 11.7. The van der Waals surface area contributed by atoms with Gasteiger partial charge in [0.1, 0.15) is 11.3 Å². The summed E-state index contributed by atoms with van der Waals surface area (Å²) in [5.74, 6) is 5.64. The normalized spacial score (nSPS) is 10.3. The summed E-state index contributed by atoms with van der Waals surface area (Å²) in [6, 6.07) is 3.50. The molecule has 0 aliphatic rings. The summed E-state index contributed by atoms with van der Waals surface area (Å²) in [5, 5.41) is 2.55. The quantitative estimate of drug-likeness (QED) is 0.756. The second kappa shape index (κ2) is 6.10. The maximum atomic E-state index is 11.3. The molecule has 1 heterocycles. The fourth-order valence-corrected chi connectivity index (χ4v) is 1.21. The molecule has 0 atom stereocenters. The van der Waals surface area contributed by atoms with Gasteiger partial charge in [-0.2, -0.15) is 0 Å². The van der Waals surface area contributed by atoms with Crippen LogP contribution in [0.1, 0.15) is 32.2 Å². The van der Waals surface area contributed by atoms with Gasteiger partial charge in [-0.05, 0) is 45.7 Å². The Hall–Kier alpha value is -2.22. The Bertz CT molecular complexity index is 522. The van der Waals surface area contributed by atoms with Crippen molar-refractivity contribution in [2.75, 3.05) is 12.3 Å². The van der Waals surface area contributed by atoms with Gasteiger partial charge >= 0.3 is 6.09 Å². The number of hydrogen-bond acceptors (Lipinski definition) is 4. The first-order valence-corrected chi connectivity index (χ1v) is 5.97. The molecular weight excluding hydrogens is 242 g/mol. The molecular formula is C14H19N3O2. The van der Waals surface area contributed by atoms with E-state index in [9.17, 15) is 4.79 Å². The molecule has 1 rings (SSSR count). The van der Waals surface area contributed by atoms with Crippen LogP contribution in [-0.2, 0) is 4.74 Å². The minimum Gasteiger partial charge on any atom is -0.444 e. The van der Waals surface area contributed by atoms with Crippen molar-refractivity contribution in [2.45, 2.75) is 33.3 Å². The van der Waals surface area contributed by atoms with Crippen LogP contribution in [0.15, 0.2) is 12.1 Å². The number of carbonyl (C=O) groups excluding carboxylic acids is 1. The number of alkyl carbamates (subject to hydrolysis) is 1. The molecule has 0 unspecified atom stereocenters. The predicted octanol–water partition coefficient (Wildman–Crippen LogP) is 1.85. The van der Waals surface area contributed by atoms with Crippen LogP contribution in [-0.4, -0.2) is 23.2 Å². The second-order valence-corrected chi connectivity index (χ2v) is 5.03. The van der Waals surface area contributed by atoms with Crippen LogP contribution in [0.25, 0.3) is 0 Å². The number of pyridine rings is 1. The van der Waals surface area contributed by atoms with E-state index in [0.717, 1.165) is 5.69 Å². The minimum atomic E-state index is -0.507. The number of nitrogen functional groups attached to an aromatic ring is 1. The highest BCUT2D eigenvalue weighted by atomic mass is 16.6. The summed E-state index contributed by atoms with van der Waals surface area (Å²) in [7, 11) is 0. The van der Waals surface area contributed by atoms with Crippen molar-refractivity contribution in [1.29, 1.82) is 0 Å². The first kappa shape index (κ1) is 14.8. The number of aryl methyl sites for hydroxylation is 1. The van der Waals surface area contributed by atoms with Gasteiger partial charge in [-0.25, -0.2) is 9.78 Å². The molecule has 0 saturated carbocycles. The zero-order valence-electron chi connectivity index (χ0n) is 11.7. The molecule has 5 nitrogen and oxygen atoms in total. The topological polar surface area (TPSA) is 77.2 Å². The number of nitrogens with zero attached hydrogens (tertiary/aromatic N) is 1. The van der Waals surface area contributed by atoms with Gasteiger partial charge in [-0.1, -0.05) is 5.92 Å². The maximum absolute atomic E-state index is 11.3. The van der Waals surface area contributed by atoms with E-state index in [1.165, 1.54) is 0 Å². The third-order valence-electron chi connectivity index (χ3n) is 2.06. The smallest absolute Gasteiger partial charge is 0.408 e. The highest BCUT2D eigenvalue weighted by Gasteiger charge is 2.14. The summed E-state index contributed by atoms with van der Waals surface area (Å²) in [5.41, 5.74) is 7.15. The molecule has 0 aliphatic carbocycles. The molecule has 1 aromatic rings. The number of amides is 1. The number of hydrogen-bond donors (Lipinski definition) is 2. The number of anilines is 1. The number of carbonyl (C=O) groups is 1. The lowest BCUT2D eigenvalue weighted by molar-refractivity contribution is 0.0535. The van der Waals surface area contributed by atoms with Crippen LogP contribution in [0.4, 0.5) is 10.5 Å². The monoisotopic (exact) mass is 261 g/mol. The Morgan fingerprint density at radius 3 is 2.74 bits per heavy atom. The van der Waals surface area contributed by atoms with Crippen molar-refractivity contribution in [3.05, 3.63) is 23.5 Å². The van der Waals surface area contributed by atoms with E-state index in [-0.39, 0.29) is 6.54 Å². The molecule has 5 heteroatoms. The first-order chi connectivity index (χ1) is 8.78. The number of aromatic nitrogens is 1. The van der Waals surface area contributed by atoms with Crippen molar-refractivity contribution in [2.24, 2.45) is 0 Å². The van der Waals surface area contributed by atoms with Crippen LogP contribution < -0.4 is 11.1 Å². The summed E-state index contributed by atoms with van der Waals surface area (Å²) in [6.07, 6.45) is -0.483. The molecule has 0 aliphatic heterocycles. The summed E-state index contributed by atoms with van der Waals surface area (Å²) in [4.78, 5) is 15.5. The van der Waals surface area contributed by atoms with Gasteiger partial charge in [0, 0.05) is 0 Å². The van der Waals surface area contributed by atoms with E-state index >= 15 is 0 Å². The van der Waals surface area contributed by atoms with E-state index in [2.05, 4.69) is 22.1 Å². The fraction of sp³-hybridized carbons (Fsp3) is 0.429. The average molecular weight is 261 g/mol. The standard InChI is InChI=1S/C14H19N3O2/c1-10-12(15)8-7-11(17-10)6-5-9-16-13(18)19-14(2,3)4/h7-8H,9,15H2,1-4H3,(H,16,18). The van der Waals surface area contributed by atoms with Crippen LogP contribution >= 0.6 is 0 Å². The lowest BCUT2D eigenvalue weighted by Gasteiger charge is -2.18. The minimum absolute atomic E-state index is 0.208. The Morgan fingerprint density at radius 2 is 2.16 bits per heavy atom. The third kappa shape index (κ3) is 5.77. The van der Waals surface area contributed by atoms with Crippen molar-refractivity contribution >= 4 is 11.8 Å². The third-order valence-corrected chi connectivity index (χ3v) is 2.06. The largest absolute Gasteiger partial charge is 0.444 e. The molecule has 0 radical (unpaired) electrons. The molecule has 0 bridgehead atoms. The molecule has 0 saturated heterocycles. The number of nitrogens with one attached hydrogen (secondary N) is 1. The molecule has 3 N–H and O–H groups in total. The van der Waals surface area contributed by atoms with Gasteiger partial charge < -0.3 is 15.8 Å². The lowest BCUT2D eigenvalue weighted by atomic mass is 10.2. The molecule has 1 amide bonds. The van der Waals surface area contributed by atoms with Gasteiger partial charge in [-0.15, -0.1) is 0 Å². The van der Waals surface area contributed by atoms with E-state index < -0.39 is 11.7 Å². The molecule has 0 aromatic carbocycles. The number of nitrogens with two attached hydrogens (primary N) is 1. The predicted molar refractivity (Wildman–Crippen MR) is 74.5 cm³/mol. The van der Waals surface area contributed by atoms with Gasteiger partial charge in [0.25, 0.3) is 0 Å². The van der Waals surface area contributed by atoms with Gasteiger partial charge in [0.15, 0.2) is 0 Å². The lowest BCUT2D eigenvalue weighted by Crippen LogP contribution is -2.32. The Balaban J connectivity index is 2.47. The molecule has 0 fully saturated rings. The molecule has 19 heavy (non-hydrogen) atoms. The van der Waals surface area contributed by atoms with Crippen LogP contribution in [0, 0.1) is 18.8 Å². The SMILES string of the molecule is Cc1nc(C#CCNC(=O)OC(C)(C)C)ccc1N. The fourth-order valence-electron chi connectivity index (χ4n) is 1.21. The van der Waals surface area contributed by atoms with Crippen molar-refractivity contribution in [1.82, 2.24) is 10.3 Å². The van der Waals surface area contributed by atoms with Gasteiger partial charge in [0.2, 0.25) is 0 Å². The van der Waals surface area contributed by atoms with Crippen LogP contribution in [0.2, 0.25) is 0 Å². The Kier molecular flexibility index (Phi) is 4.76. The zero-order chi connectivity index (χ0) is 14.5.